The summed E-state index contributed by atoms with van der Waals surface area (Å²) in [6.45, 7) is 6.86. The molecule has 0 aliphatic rings. The smallest absolute Gasteiger partial charge is 0.0716 e. The molecule has 0 amide bonds. The van der Waals surface area contributed by atoms with Crippen molar-refractivity contribution in [3.8, 4) is 11.1 Å². The molecule has 0 spiro atoms. The second-order valence-corrected chi connectivity index (χ2v) is 4.68. The molecular formula is C18H22O2. The van der Waals surface area contributed by atoms with E-state index in [0.717, 1.165) is 13.2 Å². The molecule has 0 unspecified atom stereocenters. The monoisotopic (exact) mass is 270 g/mol. The van der Waals surface area contributed by atoms with Gasteiger partial charge in [0.15, 0.2) is 0 Å². The average Bonchev–Trinajstić information content (AvgIpc) is 2.51. The summed E-state index contributed by atoms with van der Waals surface area (Å²) in [7, 11) is 0. The molecular weight excluding hydrogens is 248 g/mol. The van der Waals surface area contributed by atoms with E-state index in [1.54, 1.807) is 0 Å². The Labute approximate surface area is 121 Å². The summed E-state index contributed by atoms with van der Waals surface area (Å²) in [6, 6.07) is 17.0. The first-order valence-electron chi connectivity index (χ1n) is 7.17. The summed E-state index contributed by atoms with van der Waals surface area (Å²) in [5, 5.41) is 0. The summed E-state index contributed by atoms with van der Waals surface area (Å²) in [4.78, 5) is 0. The van der Waals surface area contributed by atoms with Crippen LogP contribution in [0.5, 0.6) is 0 Å². The van der Waals surface area contributed by atoms with E-state index in [2.05, 4.69) is 48.5 Å². The van der Waals surface area contributed by atoms with Crippen LogP contribution >= 0.6 is 0 Å². The zero-order valence-corrected chi connectivity index (χ0v) is 12.3. The lowest BCUT2D eigenvalue weighted by Gasteiger charge is -2.08. The Balaban J connectivity index is 2.17. The van der Waals surface area contributed by atoms with Crippen LogP contribution in [0.25, 0.3) is 11.1 Å². The lowest BCUT2D eigenvalue weighted by molar-refractivity contribution is 0.134. The second-order valence-electron chi connectivity index (χ2n) is 4.68. The Morgan fingerprint density at radius 3 is 1.55 bits per heavy atom. The highest BCUT2D eigenvalue weighted by Crippen LogP contribution is 2.22. The molecule has 106 valence electrons. The zero-order chi connectivity index (χ0) is 14.2. The third-order valence-electron chi connectivity index (χ3n) is 3.13. The Hall–Kier alpha value is -1.64. The van der Waals surface area contributed by atoms with E-state index in [1.807, 2.05) is 13.8 Å². The lowest BCUT2D eigenvalue weighted by atomic mass is 10.0. The molecule has 2 aromatic carbocycles. The summed E-state index contributed by atoms with van der Waals surface area (Å²) in [5.74, 6) is 0. The first-order chi connectivity index (χ1) is 9.83. The highest BCUT2D eigenvalue weighted by molar-refractivity contribution is 5.64. The van der Waals surface area contributed by atoms with Crippen LogP contribution in [0.15, 0.2) is 48.5 Å². The minimum absolute atomic E-state index is 0.670. The fourth-order valence-electron chi connectivity index (χ4n) is 2.12. The Bertz CT molecular complexity index is 485. The fourth-order valence-corrected chi connectivity index (χ4v) is 2.12. The van der Waals surface area contributed by atoms with Crippen molar-refractivity contribution in [1.82, 2.24) is 0 Å². The van der Waals surface area contributed by atoms with Crippen molar-refractivity contribution in [3.05, 3.63) is 59.7 Å². The Morgan fingerprint density at radius 2 is 1.15 bits per heavy atom. The molecule has 0 atom stereocenters. The van der Waals surface area contributed by atoms with Gasteiger partial charge in [-0.15, -0.1) is 0 Å². The van der Waals surface area contributed by atoms with E-state index in [1.165, 1.54) is 22.3 Å². The minimum atomic E-state index is 0.670. The van der Waals surface area contributed by atoms with Crippen LogP contribution < -0.4 is 0 Å². The van der Waals surface area contributed by atoms with Gasteiger partial charge in [0, 0.05) is 13.2 Å². The van der Waals surface area contributed by atoms with E-state index >= 15 is 0 Å². The summed E-state index contributed by atoms with van der Waals surface area (Å²) in [5.41, 5.74) is 4.86. The van der Waals surface area contributed by atoms with Crippen LogP contribution in [0, 0.1) is 0 Å². The standard InChI is InChI=1S/C18H22O2/c1-3-19-13-15-7-5-9-17(11-15)18-10-6-8-16(12-18)14-20-4-2/h5-12H,3-4,13-14H2,1-2H3. The van der Waals surface area contributed by atoms with Gasteiger partial charge in [0.2, 0.25) is 0 Å². The molecule has 0 N–H and O–H groups in total. The van der Waals surface area contributed by atoms with Crippen LogP contribution in [-0.4, -0.2) is 13.2 Å². The summed E-state index contributed by atoms with van der Waals surface area (Å²) in [6.07, 6.45) is 0. The van der Waals surface area contributed by atoms with E-state index in [9.17, 15) is 0 Å². The van der Waals surface area contributed by atoms with Crippen LogP contribution in [0.4, 0.5) is 0 Å². The summed E-state index contributed by atoms with van der Waals surface area (Å²) < 4.78 is 10.9. The van der Waals surface area contributed by atoms with Crippen molar-refractivity contribution in [2.45, 2.75) is 27.1 Å². The van der Waals surface area contributed by atoms with Gasteiger partial charge < -0.3 is 9.47 Å². The highest BCUT2D eigenvalue weighted by atomic mass is 16.5. The average molecular weight is 270 g/mol. The minimum Gasteiger partial charge on any atom is -0.377 e. The van der Waals surface area contributed by atoms with E-state index in [0.29, 0.717) is 13.2 Å². The lowest BCUT2D eigenvalue weighted by Crippen LogP contribution is -1.93. The van der Waals surface area contributed by atoms with Crippen molar-refractivity contribution in [3.63, 3.8) is 0 Å². The van der Waals surface area contributed by atoms with Crippen LogP contribution in [0.3, 0.4) is 0 Å². The van der Waals surface area contributed by atoms with Crippen LogP contribution in [0.1, 0.15) is 25.0 Å². The molecule has 0 radical (unpaired) electrons. The van der Waals surface area contributed by atoms with Gasteiger partial charge in [0.25, 0.3) is 0 Å². The molecule has 0 aliphatic heterocycles. The number of ether oxygens (including phenoxy) is 2. The molecule has 0 aromatic heterocycles. The third-order valence-corrected chi connectivity index (χ3v) is 3.13. The zero-order valence-electron chi connectivity index (χ0n) is 12.3. The van der Waals surface area contributed by atoms with Gasteiger partial charge in [-0.25, -0.2) is 0 Å². The van der Waals surface area contributed by atoms with Gasteiger partial charge in [0.05, 0.1) is 13.2 Å². The first-order valence-corrected chi connectivity index (χ1v) is 7.17. The van der Waals surface area contributed by atoms with E-state index in [4.69, 9.17) is 9.47 Å². The molecule has 2 aromatic rings. The number of rotatable bonds is 7. The van der Waals surface area contributed by atoms with Crippen molar-refractivity contribution >= 4 is 0 Å². The van der Waals surface area contributed by atoms with Gasteiger partial charge in [-0.05, 0) is 48.2 Å². The largest absolute Gasteiger partial charge is 0.377 e. The first kappa shape index (κ1) is 14.8. The molecule has 20 heavy (non-hydrogen) atoms. The second kappa shape index (κ2) is 7.83. The maximum absolute atomic E-state index is 5.47. The Kier molecular flexibility index (Phi) is 5.78. The number of hydrogen-bond donors (Lipinski definition) is 0. The summed E-state index contributed by atoms with van der Waals surface area (Å²) >= 11 is 0. The van der Waals surface area contributed by atoms with Gasteiger partial charge in [-0.3, -0.25) is 0 Å². The quantitative estimate of drug-likeness (QED) is 0.741. The Morgan fingerprint density at radius 1 is 0.700 bits per heavy atom. The van der Waals surface area contributed by atoms with Crippen molar-refractivity contribution in [1.29, 1.82) is 0 Å². The number of hydrogen-bond acceptors (Lipinski definition) is 2. The van der Waals surface area contributed by atoms with E-state index < -0.39 is 0 Å². The molecule has 2 rings (SSSR count). The third kappa shape index (κ3) is 4.19. The van der Waals surface area contributed by atoms with Gasteiger partial charge in [0.1, 0.15) is 0 Å². The normalized spacial score (nSPS) is 10.7. The predicted octanol–water partition coefficient (Wildman–Crippen LogP) is 4.43. The maximum Gasteiger partial charge on any atom is 0.0716 e. The molecule has 0 fully saturated rings. The maximum atomic E-state index is 5.47. The van der Waals surface area contributed by atoms with Crippen molar-refractivity contribution in [2.75, 3.05) is 13.2 Å². The van der Waals surface area contributed by atoms with Gasteiger partial charge in [-0.1, -0.05) is 36.4 Å². The molecule has 2 heteroatoms. The van der Waals surface area contributed by atoms with Gasteiger partial charge in [-0.2, -0.15) is 0 Å². The SMILES string of the molecule is CCOCc1cccc(-c2cccc(COCC)c2)c1. The molecule has 0 bridgehead atoms. The molecule has 0 aliphatic carbocycles. The predicted molar refractivity (Wildman–Crippen MR) is 82.5 cm³/mol. The van der Waals surface area contributed by atoms with Crippen LogP contribution in [-0.2, 0) is 22.7 Å². The van der Waals surface area contributed by atoms with E-state index in [-0.39, 0.29) is 0 Å². The fraction of sp³-hybridized carbons (Fsp3) is 0.333. The topological polar surface area (TPSA) is 18.5 Å². The van der Waals surface area contributed by atoms with Crippen molar-refractivity contribution < 1.29 is 9.47 Å². The molecule has 0 saturated carbocycles. The molecule has 2 nitrogen and oxygen atoms in total. The highest BCUT2D eigenvalue weighted by Gasteiger charge is 2.01. The molecule has 0 heterocycles. The van der Waals surface area contributed by atoms with Crippen LogP contribution in [0.2, 0.25) is 0 Å². The van der Waals surface area contributed by atoms with Crippen molar-refractivity contribution in [2.24, 2.45) is 0 Å². The molecule has 0 saturated heterocycles. The number of benzene rings is 2. The van der Waals surface area contributed by atoms with Gasteiger partial charge >= 0.3 is 0 Å².